The average Bonchev–Trinajstić information content (AvgIpc) is 2.52. The maximum absolute atomic E-state index is 13.0. The molecule has 0 radical (unpaired) electrons. The normalized spacial score (nSPS) is 16.0. The molecule has 1 rings (SSSR count). The van der Waals surface area contributed by atoms with Crippen LogP contribution in [0.15, 0.2) is 59.4 Å². The molecule has 2 atom stereocenters. The Labute approximate surface area is 149 Å². The minimum Gasteiger partial charge on any atom is -0.471 e. The van der Waals surface area contributed by atoms with E-state index in [1.807, 2.05) is 30.3 Å². The molecule has 0 unspecified atom stereocenters. The van der Waals surface area contributed by atoms with Gasteiger partial charge in [-0.3, -0.25) is 0 Å². The highest BCUT2D eigenvalue weighted by Gasteiger charge is 2.36. The summed E-state index contributed by atoms with van der Waals surface area (Å²) in [5.41, 5.74) is 4.95. The number of benzene rings is 1. The number of halogens is 4. The molecule has 0 bridgehead atoms. The van der Waals surface area contributed by atoms with Crippen molar-refractivity contribution in [1.29, 1.82) is 0 Å². The van der Waals surface area contributed by atoms with Crippen LogP contribution in [-0.2, 0) is 16.1 Å². The lowest BCUT2D eigenvalue weighted by molar-refractivity contribution is -0.0958. The van der Waals surface area contributed by atoms with E-state index in [-0.39, 0.29) is 0 Å². The zero-order valence-corrected chi connectivity index (χ0v) is 14.6. The molecule has 0 saturated carbocycles. The number of rotatable bonds is 8. The second-order valence-corrected chi connectivity index (χ2v) is 5.57. The van der Waals surface area contributed by atoms with Crippen LogP contribution in [0.4, 0.5) is 13.2 Å². The highest BCUT2D eigenvalue weighted by molar-refractivity contribution is 6.64. The largest absolute Gasteiger partial charge is 0.471 e. The summed E-state index contributed by atoms with van der Waals surface area (Å²) < 4.78 is 50.1. The third-order valence-electron chi connectivity index (χ3n) is 3.26. The summed E-state index contributed by atoms with van der Waals surface area (Å²) in [6.45, 7) is 6.68. The predicted molar refractivity (Wildman–Crippen MR) is 92.0 cm³/mol. The molecule has 0 aliphatic carbocycles. The summed E-state index contributed by atoms with van der Waals surface area (Å²) in [6, 6.07) is 9.35. The van der Waals surface area contributed by atoms with Crippen LogP contribution >= 0.6 is 11.6 Å². The number of hydrogen-bond acceptors (Lipinski definition) is 3. The Morgan fingerprint density at radius 1 is 1.28 bits per heavy atom. The minimum atomic E-state index is -4.71. The van der Waals surface area contributed by atoms with Crippen molar-refractivity contribution in [2.24, 2.45) is 10.7 Å². The van der Waals surface area contributed by atoms with Crippen LogP contribution in [0.2, 0.25) is 0 Å². The zero-order valence-electron chi connectivity index (χ0n) is 13.9. The number of ether oxygens (including phenoxy) is 2. The fraction of sp³-hybridized carbons (Fsp3) is 0.353. The molecular formula is C17H20ClF3N2O2. The van der Waals surface area contributed by atoms with E-state index >= 15 is 0 Å². The molecule has 0 spiro atoms. The SMILES string of the molecule is C=C/C(=C(\N=C(/N)Cl)O[C@H](C)[C@@H](C)OCc1ccccc1)C(F)(F)F. The molecule has 0 aliphatic heterocycles. The van der Waals surface area contributed by atoms with Crippen molar-refractivity contribution in [3.8, 4) is 0 Å². The molecule has 1 aromatic rings. The lowest BCUT2D eigenvalue weighted by atomic mass is 10.2. The maximum Gasteiger partial charge on any atom is 0.421 e. The Hall–Kier alpha value is -1.99. The van der Waals surface area contributed by atoms with Gasteiger partial charge in [0, 0.05) is 0 Å². The molecule has 138 valence electrons. The molecule has 25 heavy (non-hydrogen) atoms. The number of amidine groups is 1. The number of allylic oxidation sites excluding steroid dienone is 2. The number of alkyl halides is 3. The van der Waals surface area contributed by atoms with Gasteiger partial charge in [-0.05, 0) is 31.0 Å². The van der Waals surface area contributed by atoms with Crippen LogP contribution in [0, 0.1) is 0 Å². The molecule has 0 amide bonds. The molecule has 1 aromatic carbocycles. The van der Waals surface area contributed by atoms with Crippen molar-refractivity contribution in [3.63, 3.8) is 0 Å². The van der Waals surface area contributed by atoms with Crippen LogP contribution in [0.25, 0.3) is 0 Å². The van der Waals surface area contributed by atoms with Crippen molar-refractivity contribution < 1.29 is 22.6 Å². The van der Waals surface area contributed by atoms with Crippen LogP contribution in [0.1, 0.15) is 19.4 Å². The average molecular weight is 377 g/mol. The van der Waals surface area contributed by atoms with Crippen molar-refractivity contribution in [1.82, 2.24) is 0 Å². The molecule has 0 aliphatic rings. The highest BCUT2D eigenvalue weighted by Crippen LogP contribution is 2.31. The van der Waals surface area contributed by atoms with Gasteiger partial charge in [0.1, 0.15) is 11.7 Å². The molecular weight excluding hydrogens is 357 g/mol. The second-order valence-electron chi connectivity index (χ2n) is 5.18. The highest BCUT2D eigenvalue weighted by atomic mass is 35.5. The van der Waals surface area contributed by atoms with E-state index in [2.05, 4.69) is 11.6 Å². The van der Waals surface area contributed by atoms with Crippen LogP contribution in [-0.4, -0.2) is 23.7 Å². The smallest absolute Gasteiger partial charge is 0.421 e. The lowest BCUT2D eigenvalue weighted by Crippen LogP contribution is -2.27. The topological polar surface area (TPSA) is 56.8 Å². The Kier molecular flexibility index (Phi) is 7.99. The molecule has 0 saturated heterocycles. The number of aliphatic imine (C=N–C) groups is 1. The van der Waals surface area contributed by atoms with Crippen LogP contribution in [0.5, 0.6) is 0 Å². The zero-order chi connectivity index (χ0) is 19.0. The summed E-state index contributed by atoms with van der Waals surface area (Å²) in [5.74, 6) is -0.752. The number of nitrogens with zero attached hydrogens (tertiary/aromatic N) is 1. The lowest BCUT2D eigenvalue weighted by Gasteiger charge is -2.23. The molecule has 0 aromatic heterocycles. The fourth-order valence-corrected chi connectivity index (χ4v) is 1.86. The van der Waals surface area contributed by atoms with Gasteiger partial charge in [-0.1, -0.05) is 43.0 Å². The fourth-order valence-electron chi connectivity index (χ4n) is 1.78. The Bertz CT molecular complexity index is 627. The third-order valence-corrected chi connectivity index (χ3v) is 3.35. The van der Waals surface area contributed by atoms with E-state index in [0.29, 0.717) is 12.7 Å². The van der Waals surface area contributed by atoms with Gasteiger partial charge >= 0.3 is 6.18 Å². The summed E-state index contributed by atoms with van der Waals surface area (Å²) >= 11 is 5.41. The van der Waals surface area contributed by atoms with Gasteiger partial charge in [0.2, 0.25) is 5.88 Å². The van der Waals surface area contributed by atoms with Gasteiger partial charge in [0.15, 0.2) is 5.29 Å². The van der Waals surface area contributed by atoms with Crippen molar-refractivity contribution in [3.05, 3.63) is 60.0 Å². The van der Waals surface area contributed by atoms with E-state index in [4.69, 9.17) is 26.8 Å². The van der Waals surface area contributed by atoms with Crippen molar-refractivity contribution in [2.75, 3.05) is 0 Å². The third kappa shape index (κ3) is 7.19. The monoisotopic (exact) mass is 376 g/mol. The second kappa shape index (κ2) is 9.48. The summed E-state index contributed by atoms with van der Waals surface area (Å²) in [6.07, 6.45) is -5.36. The Morgan fingerprint density at radius 3 is 2.36 bits per heavy atom. The van der Waals surface area contributed by atoms with E-state index in [9.17, 15) is 13.2 Å². The first-order valence-corrected chi connectivity index (χ1v) is 7.78. The van der Waals surface area contributed by atoms with Crippen LogP contribution < -0.4 is 5.73 Å². The molecule has 0 fully saturated rings. The van der Waals surface area contributed by atoms with E-state index < -0.39 is 35.1 Å². The van der Waals surface area contributed by atoms with Gasteiger partial charge in [0.25, 0.3) is 0 Å². The quantitative estimate of drug-likeness (QED) is 0.239. The van der Waals surface area contributed by atoms with Gasteiger partial charge in [-0.15, -0.1) is 0 Å². The molecule has 4 nitrogen and oxygen atoms in total. The molecule has 2 N–H and O–H groups in total. The van der Waals surface area contributed by atoms with E-state index in [1.54, 1.807) is 13.8 Å². The van der Waals surface area contributed by atoms with Crippen LogP contribution in [0.3, 0.4) is 0 Å². The van der Waals surface area contributed by atoms with Gasteiger partial charge in [0.05, 0.1) is 12.7 Å². The predicted octanol–water partition coefficient (Wildman–Crippen LogP) is 4.51. The summed E-state index contributed by atoms with van der Waals surface area (Å²) in [7, 11) is 0. The first-order chi connectivity index (χ1) is 11.6. The molecule has 0 heterocycles. The van der Waals surface area contributed by atoms with Crippen molar-refractivity contribution >= 4 is 16.9 Å². The van der Waals surface area contributed by atoms with Gasteiger partial charge < -0.3 is 15.2 Å². The maximum atomic E-state index is 13.0. The first kappa shape index (κ1) is 21.1. The molecule has 8 heteroatoms. The van der Waals surface area contributed by atoms with Gasteiger partial charge in [-0.2, -0.15) is 18.2 Å². The standard InChI is InChI=1S/C17H20ClF3N2O2/c1-4-14(17(19,20)21)15(23-16(18)22)25-12(3)11(2)24-10-13-8-6-5-7-9-13/h4-9,11-12H,1,10H2,2-3H3,(H2,22,23)/b15-14-/t11-,12-/m1/s1. The Balaban J connectivity index is 2.87. The van der Waals surface area contributed by atoms with Gasteiger partial charge in [-0.25, -0.2) is 0 Å². The summed E-state index contributed by atoms with van der Waals surface area (Å²) in [5, 5.41) is -0.580. The number of hydrogen-bond donors (Lipinski definition) is 1. The minimum absolute atomic E-state index is 0.295. The summed E-state index contributed by atoms with van der Waals surface area (Å²) in [4.78, 5) is 3.43. The van der Waals surface area contributed by atoms with E-state index in [1.165, 1.54) is 0 Å². The van der Waals surface area contributed by atoms with E-state index in [0.717, 1.165) is 5.56 Å². The number of nitrogens with two attached hydrogens (primary N) is 1. The first-order valence-electron chi connectivity index (χ1n) is 7.41. The Morgan fingerprint density at radius 2 is 1.88 bits per heavy atom. The van der Waals surface area contributed by atoms with Crippen molar-refractivity contribution in [2.45, 2.75) is 38.8 Å².